The van der Waals surface area contributed by atoms with Gasteiger partial charge in [-0.05, 0) is 129 Å². The molecule has 2 unspecified atom stereocenters. The summed E-state index contributed by atoms with van der Waals surface area (Å²) in [5, 5.41) is 8.12. The number of benzene rings is 3. The maximum absolute atomic E-state index is 6.54. The Labute approximate surface area is 280 Å². The van der Waals surface area contributed by atoms with Gasteiger partial charge in [-0.2, -0.15) is 5.10 Å². The second kappa shape index (κ2) is 14.1. The Morgan fingerprint density at radius 3 is 2.22 bits per heavy atom. The monoisotopic (exact) mass is 643 g/mol. The largest absolute Gasteiger partial charge is 0.368 e. The summed E-state index contributed by atoms with van der Waals surface area (Å²) < 4.78 is 0. The maximum atomic E-state index is 6.54. The Morgan fingerprint density at radius 1 is 0.844 bits per heavy atom. The van der Waals surface area contributed by atoms with Crippen molar-refractivity contribution >= 4 is 46.6 Å². The molecule has 5 nitrogen and oxygen atoms in total. The SMILES string of the molecule is C=C1N(c2ccc(N3CCN(c4ccc(CC[C@@H]5CCC(c6ccc(Cl)cc6Cl)C5)c(CC)c4)CC3)cc2)C=NN1C(C)CC. The van der Waals surface area contributed by atoms with E-state index in [0.29, 0.717) is 12.0 Å². The zero-order valence-electron chi connectivity index (χ0n) is 27.1. The van der Waals surface area contributed by atoms with Crippen LogP contribution in [0, 0.1) is 5.92 Å². The van der Waals surface area contributed by atoms with Crippen molar-refractivity contribution in [2.45, 2.75) is 77.7 Å². The summed E-state index contributed by atoms with van der Waals surface area (Å²) >= 11 is 12.7. The molecule has 0 amide bonds. The quantitative estimate of drug-likeness (QED) is 0.220. The molecule has 2 fully saturated rings. The minimum Gasteiger partial charge on any atom is -0.368 e. The Morgan fingerprint density at radius 2 is 1.53 bits per heavy atom. The normalized spacial score (nSPS) is 20.9. The molecule has 238 valence electrons. The minimum absolute atomic E-state index is 0.339. The van der Waals surface area contributed by atoms with Gasteiger partial charge in [-0.15, -0.1) is 0 Å². The van der Waals surface area contributed by atoms with Gasteiger partial charge in [0, 0.05) is 53.3 Å². The fraction of sp³-hybridized carbons (Fsp3) is 0.447. The summed E-state index contributed by atoms with van der Waals surface area (Å²) in [6.45, 7) is 15.0. The summed E-state index contributed by atoms with van der Waals surface area (Å²) in [6.07, 6.45) is 10.1. The van der Waals surface area contributed by atoms with Crippen LogP contribution in [-0.2, 0) is 12.8 Å². The van der Waals surface area contributed by atoms with E-state index in [1.54, 1.807) is 0 Å². The molecule has 45 heavy (non-hydrogen) atoms. The van der Waals surface area contributed by atoms with Crippen LogP contribution in [0.5, 0.6) is 0 Å². The van der Waals surface area contributed by atoms with Crippen LogP contribution >= 0.6 is 23.2 Å². The molecule has 0 bridgehead atoms. The first-order valence-corrected chi connectivity index (χ1v) is 17.6. The minimum atomic E-state index is 0.339. The number of nitrogens with zero attached hydrogens (tertiary/aromatic N) is 5. The van der Waals surface area contributed by atoms with Crippen LogP contribution in [0.25, 0.3) is 0 Å². The second-order valence-corrected chi connectivity index (χ2v) is 13.8. The molecule has 3 atom stereocenters. The molecule has 1 saturated heterocycles. The van der Waals surface area contributed by atoms with E-state index in [1.807, 2.05) is 23.5 Å². The lowest BCUT2D eigenvalue weighted by atomic mass is 9.92. The van der Waals surface area contributed by atoms with E-state index < -0.39 is 0 Å². The molecule has 3 aromatic rings. The Bertz CT molecular complexity index is 1510. The number of hydrogen-bond donors (Lipinski definition) is 0. The van der Waals surface area contributed by atoms with Gasteiger partial charge >= 0.3 is 0 Å². The van der Waals surface area contributed by atoms with Gasteiger partial charge in [-0.25, -0.2) is 5.01 Å². The molecule has 0 aromatic heterocycles. The van der Waals surface area contributed by atoms with Gasteiger partial charge in [0.25, 0.3) is 0 Å². The highest BCUT2D eigenvalue weighted by Crippen LogP contribution is 2.43. The van der Waals surface area contributed by atoms with E-state index in [0.717, 1.165) is 72.9 Å². The van der Waals surface area contributed by atoms with Crippen molar-refractivity contribution in [2.75, 3.05) is 40.9 Å². The van der Waals surface area contributed by atoms with E-state index in [9.17, 15) is 0 Å². The van der Waals surface area contributed by atoms with E-state index in [1.165, 1.54) is 53.7 Å². The molecule has 3 aliphatic rings. The van der Waals surface area contributed by atoms with Crippen molar-refractivity contribution < 1.29 is 0 Å². The molecule has 2 aliphatic heterocycles. The van der Waals surface area contributed by atoms with E-state index in [4.69, 9.17) is 23.2 Å². The predicted molar refractivity (Wildman–Crippen MR) is 193 cm³/mol. The van der Waals surface area contributed by atoms with Gasteiger partial charge in [-0.1, -0.05) is 55.8 Å². The van der Waals surface area contributed by atoms with Crippen LogP contribution in [0.2, 0.25) is 10.0 Å². The van der Waals surface area contributed by atoms with Gasteiger partial charge in [0.05, 0.1) is 6.04 Å². The molecule has 1 aliphatic carbocycles. The van der Waals surface area contributed by atoms with E-state index in [2.05, 4.69) is 95.7 Å². The van der Waals surface area contributed by atoms with Crippen LogP contribution in [0.15, 0.2) is 78.2 Å². The number of rotatable bonds is 10. The first kappa shape index (κ1) is 31.8. The summed E-state index contributed by atoms with van der Waals surface area (Å²) in [6, 6.07) is 22.4. The summed E-state index contributed by atoms with van der Waals surface area (Å²) in [5.74, 6) is 2.23. The van der Waals surface area contributed by atoms with Crippen LogP contribution in [-0.4, -0.2) is 43.6 Å². The number of anilines is 3. The van der Waals surface area contributed by atoms with Gasteiger partial charge in [0.1, 0.15) is 12.2 Å². The summed E-state index contributed by atoms with van der Waals surface area (Å²) in [7, 11) is 0. The van der Waals surface area contributed by atoms with Crippen LogP contribution in [0.1, 0.15) is 75.5 Å². The van der Waals surface area contributed by atoms with Crippen LogP contribution in [0.4, 0.5) is 17.1 Å². The molecule has 0 radical (unpaired) electrons. The first-order valence-electron chi connectivity index (χ1n) is 16.8. The topological polar surface area (TPSA) is 25.3 Å². The summed E-state index contributed by atoms with van der Waals surface area (Å²) in [4.78, 5) is 7.13. The van der Waals surface area contributed by atoms with Crippen molar-refractivity contribution in [3.05, 3.63) is 99.8 Å². The highest BCUT2D eigenvalue weighted by atomic mass is 35.5. The van der Waals surface area contributed by atoms with Crippen molar-refractivity contribution in [1.82, 2.24) is 5.01 Å². The molecule has 2 heterocycles. The van der Waals surface area contributed by atoms with Crippen molar-refractivity contribution in [3.63, 3.8) is 0 Å². The Balaban J connectivity index is 1.01. The number of piperazine rings is 1. The number of halogens is 2. The molecular formula is C38H47Cl2N5. The van der Waals surface area contributed by atoms with Crippen LogP contribution in [0.3, 0.4) is 0 Å². The van der Waals surface area contributed by atoms with E-state index in [-0.39, 0.29) is 0 Å². The molecule has 3 aromatic carbocycles. The third kappa shape index (κ3) is 7.00. The number of hydrogen-bond acceptors (Lipinski definition) is 5. The third-order valence-electron chi connectivity index (χ3n) is 10.3. The van der Waals surface area contributed by atoms with Gasteiger partial charge in [0.2, 0.25) is 0 Å². The van der Waals surface area contributed by atoms with Gasteiger partial charge in [-0.3, -0.25) is 4.90 Å². The lowest BCUT2D eigenvalue weighted by molar-refractivity contribution is 0.286. The number of hydrazone groups is 1. The fourth-order valence-electron chi connectivity index (χ4n) is 7.35. The Hall–Kier alpha value is -3.15. The van der Waals surface area contributed by atoms with Gasteiger partial charge in [0.15, 0.2) is 0 Å². The average Bonchev–Trinajstić information content (AvgIpc) is 3.70. The second-order valence-electron chi connectivity index (χ2n) is 13.0. The molecule has 0 N–H and O–H groups in total. The van der Waals surface area contributed by atoms with Crippen LogP contribution < -0.4 is 14.7 Å². The lowest BCUT2D eigenvalue weighted by Gasteiger charge is -2.38. The van der Waals surface area contributed by atoms with E-state index >= 15 is 0 Å². The lowest BCUT2D eigenvalue weighted by Crippen LogP contribution is -2.46. The fourth-order valence-corrected chi connectivity index (χ4v) is 7.91. The molecular weight excluding hydrogens is 597 g/mol. The highest BCUT2D eigenvalue weighted by Gasteiger charge is 2.28. The molecule has 1 saturated carbocycles. The summed E-state index contributed by atoms with van der Waals surface area (Å²) in [5.41, 5.74) is 8.03. The predicted octanol–water partition coefficient (Wildman–Crippen LogP) is 9.73. The average molecular weight is 645 g/mol. The maximum Gasteiger partial charge on any atom is 0.128 e. The highest BCUT2D eigenvalue weighted by molar-refractivity contribution is 6.35. The molecule has 6 rings (SSSR count). The standard InChI is InChI=1S/C38H47Cl2N5/c1-5-27(3)45-28(4)44(26-41-45)35-16-14-34(15-17-35)42-19-21-43(22-20-42)36-13-11-31(30(6-2)24-36)9-7-29-8-10-32(23-29)37-18-12-33(39)25-38(37)40/h11-18,24-27,29,32H,4-10,19-23H2,1-3H3/t27?,29-,32?/m1/s1. The zero-order chi connectivity index (χ0) is 31.5. The number of aryl methyl sites for hydroxylation is 2. The molecule has 0 spiro atoms. The smallest absolute Gasteiger partial charge is 0.128 e. The van der Waals surface area contributed by atoms with Crippen molar-refractivity contribution in [1.29, 1.82) is 0 Å². The first-order chi connectivity index (χ1) is 21.8. The zero-order valence-corrected chi connectivity index (χ0v) is 28.6. The van der Waals surface area contributed by atoms with Gasteiger partial charge < -0.3 is 9.80 Å². The third-order valence-corrected chi connectivity index (χ3v) is 10.9. The van der Waals surface area contributed by atoms with Crippen molar-refractivity contribution in [2.24, 2.45) is 11.0 Å². The Kier molecular flexibility index (Phi) is 9.96. The molecule has 7 heteroatoms. The van der Waals surface area contributed by atoms with Crippen molar-refractivity contribution in [3.8, 4) is 0 Å².